The van der Waals surface area contributed by atoms with Gasteiger partial charge >= 0.3 is 16.4 Å². The molecule has 7 heteroatoms. The molecule has 0 fully saturated rings. The fraction of sp³-hybridized carbons (Fsp3) is 0.833. The SMILES string of the molecule is COS(=O)(=O)NC(=O)OC(C)(C)C. The topological polar surface area (TPSA) is 81.7 Å². The Balaban J connectivity index is 4.19. The van der Waals surface area contributed by atoms with Gasteiger partial charge in [0.15, 0.2) is 0 Å². The second-order valence-electron chi connectivity index (χ2n) is 3.22. The monoisotopic (exact) mass is 211 g/mol. The third-order valence-electron chi connectivity index (χ3n) is 0.827. The Morgan fingerprint density at radius 2 is 1.77 bits per heavy atom. The van der Waals surface area contributed by atoms with E-state index in [1.54, 1.807) is 25.5 Å². The van der Waals surface area contributed by atoms with Crippen LogP contribution in [-0.4, -0.2) is 27.2 Å². The minimum absolute atomic E-state index is 0.743. The van der Waals surface area contributed by atoms with Gasteiger partial charge in [0.05, 0.1) is 7.11 Å². The molecule has 0 spiro atoms. The quantitative estimate of drug-likeness (QED) is 0.715. The summed E-state index contributed by atoms with van der Waals surface area (Å²) in [6.07, 6.45) is -1.06. The summed E-state index contributed by atoms with van der Waals surface area (Å²) in [5, 5.41) is 0. The molecule has 0 aliphatic carbocycles. The molecular weight excluding hydrogens is 198 g/mol. The summed E-state index contributed by atoms with van der Waals surface area (Å²) in [4.78, 5) is 10.8. The molecule has 0 saturated heterocycles. The summed E-state index contributed by atoms with van der Waals surface area (Å²) in [5.41, 5.74) is -0.743. The number of hydrogen-bond donors (Lipinski definition) is 1. The number of carbonyl (C=O) groups excluding carboxylic acids is 1. The van der Waals surface area contributed by atoms with E-state index < -0.39 is 22.0 Å². The fourth-order valence-electron chi connectivity index (χ4n) is 0.443. The first-order valence-corrected chi connectivity index (χ1v) is 4.88. The van der Waals surface area contributed by atoms with Crippen LogP contribution in [0.4, 0.5) is 4.79 Å². The molecular formula is C6H13NO5S. The maximum Gasteiger partial charge on any atom is 0.423 e. The van der Waals surface area contributed by atoms with Crippen molar-refractivity contribution in [3.8, 4) is 0 Å². The van der Waals surface area contributed by atoms with Gasteiger partial charge in [0.25, 0.3) is 0 Å². The van der Waals surface area contributed by atoms with Gasteiger partial charge in [-0.15, -0.1) is 0 Å². The minimum atomic E-state index is -4.02. The smallest absolute Gasteiger partial charge is 0.423 e. The molecule has 0 aliphatic rings. The van der Waals surface area contributed by atoms with Crippen molar-refractivity contribution in [2.45, 2.75) is 26.4 Å². The van der Waals surface area contributed by atoms with Crippen LogP contribution in [0.5, 0.6) is 0 Å². The number of ether oxygens (including phenoxy) is 1. The molecule has 0 aliphatic heterocycles. The first-order valence-electron chi connectivity index (χ1n) is 3.47. The molecule has 0 heterocycles. The maximum absolute atomic E-state index is 10.8. The lowest BCUT2D eigenvalue weighted by atomic mass is 10.2. The molecule has 0 rings (SSSR count). The summed E-state index contributed by atoms with van der Waals surface area (Å²) < 4.78 is 31.5. The van der Waals surface area contributed by atoms with E-state index in [2.05, 4.69) is 8.92 Å². The zero-order chi connectivity index (χ0) is 10.7. The molecule has 0 atom stereocenters. The molecule has 0 saturated carbocycles. The van der Waals surface area contributed by atoms with Gasteiger partial charge in [-0.3, -0.25) is 4.18 Å². The molecule has 0 aromatic carbocycles. The summed E-state index contributed by atoms with van der Waals surface area (Å²) >= 11 is 0. The fourth-order valence-corrected chi connectivity index (χ4v) is 0.772. The largest absolute Gasteiger partial charge is 0.443 e. The van der Waals surface area contributed by atoms with Gasteiger partial charge in [-0.1, -0.05) is 0 Å². The summed E-state index contributed by atoms with van der Waals surface area (Å²) in [7, 11) is -3.08. The Morgan fingerprint density at radius 3 is 2.08 bits per heavy atom. The molecule has 0 unspecified atom stereocenters. The van der Waals surface area contributed by atoms with E-state index in [0.29, 0.717) is 0 Å². The van der Waals surface area contributed by atoms with E-state index in [4.69, 9.17) is 0 Å². The lowest BCUT2D eigenvalue weighted by Crippen LogP contribution is -2.36. The second-order valence-corrected chi connectivity index (χ2v) is 4.67. The number of hydrogen-bond acceptors (Lipinski definition) is 5. The highest BCUT2D eigenvalue weighted by Gasteiger charge is 2.20. The first kappa shape index (κ1) is 12.2. The standard InChI is InChI=1S/C6H13NO5S/c1-6(2,3)12-5(8)7-13(9,10)11-4/h1-4H3,(H,7,8). The van der Waals surface area contributed by atoms with Crippen molar-refractivity contribution in [1.29, 1.82) is 0 Å². The molecule has 0 aromatic rings. The van der Waals surface area contributed by atoms with Crippen LogP contribution in [0.25, 0.3) is 0 Å². The highest BCUT2D eigenvalue weighted by atomic mass is 32.2. The van der Waals surface area contributed by atoms with Crippen molar-refractivity contribution in [1.82, 2.24) is 4.72 Å². The van der Waals surface area contributed by atoms with Crippen LogP contribution in [0, 0.1) is 0 Å². The predicted octanol–water partition coefficient (Wildman–Crippen LogP) is 0.402. The van der Waals surface area contributed by atoms with Gasteiger partial charge < -0.3 is 4.74 Å². The van der Waals surface area contributed by atoms with E-state index in [-0.39, 0.29) is 0 Å². The van der Waals surface area contributed by atoms with Gasteiger partial charge in [-0.05, 0) is 20.8 Å². The summed E-state index contributed by atoms with van der Waals surface area (Å²) in [6, 6.07) is 0. The molecule has 0 radical (unpaired) electrons. The predicted molar refractivity (Wildman–Crippen MR) is 45.3 cm³/mol. The van der Waals surface area contributed by atoms with Crippen LogP contribution in [0.1, 0.15) is 20.8 Å². The number of nitrogens with one attached hydrogen (secondary N) is 1. The molecule has 1 amide bonds. The zero-order valence-corrected chi connectivity index (χ0v) is 8.77. The van der Waals surface area contributed by atoms with Gasteiger partial charge in [0.1, 0.15) is 5.60 Å². The summed E-state index contributed by atoms with van der Waals surface area (Å²) in [6.45, 7) is 4.85. The van der Waals surface area contributed by atoms with E-state index in [1.807, 2.05) is 0 Å². The maximum atomic E-state index is 10.8. The third kappa shape index (κ3) is 6.35. The van der Waals surface area contributed by atoms with Gasteiger partial charge in [-0.25, -0.2) is 4.79 Å². The molecule has 13 heavy (non-hydrogen) atoms. The molecule has 78 valence electrons. The van der Waals surface area contributed by atoms with E-state index >= 15 is 0 Å². The van der Waals surface area contributed by atoms with Crippen molar-refractivity contribution in [2.75, 3.05) is 7.11 Å². The highest BCUT2D eigenvalue weighted by Crippen LogP contribution is 2.06. The van der Waals surface area contributed by atoms with Crippen LogP contribution >= 0.6 is 0 Å². The number of carbonyl (C=O) groups is 1. The average molecular weight is 211 g/mol. The van der Waals surface area contributed by atoms with Gasteiger partial charge in [0, 0.05) is 0 Å². The van der Waals surface area contributed by atoms with Crippen molar-refractivity contribution in [3.05, 3.63) is 0 Å². The van der Waals surface area contributed by atoms with Gasteiger partial charge in [0.2, 0.25) is 0 Å². The number of amides is 1. The van der Waals surface area contributed by atoms with E-state index in [9.17, 15) is 13.2 Å². The second kappa shape index (κ2) is 3.93. The van der Waals surface area contributed by atoms with Crippen molar-refractivity contribution in [3.63, 3.8) is 0 Å². The van der Waals surface area contributed by atoms with Crippen LogP contribution in [0.15, 0.2) is 0 Å². The number of rotatable bonds is 2. The van der Waals surface area contributed by atoms with E-state index in [0.717, 1.165) is 7.11 Å². The van der Waals surface area contributed by atoms with E-state index in [1.165, 1.54) is 0 Å². The third-order valence-corrected chi connectivity index (χ3v) is 1.68. The lowest BCUT2D eigenvalue weighted by molar-refractivity contribution is 0.0565. The van der Waals surface area contributed by atoms with Crippen LogP contribution in [0.3, 0.4) is 0 Å². The van der Waals surface area contributed by atoms with Crippen molar-refractivity contribution < 1.29 is 22.1 Å². The molecule has 6 nitrogen and oxygen atoms in total. The van der Waals surface area contributed by atoms with Crippen molar-refractivity contribution >= 4 is 16.4 Å². The Bertz CT molecular complexity index is 276. The van der Waals surface area contributed by atoms with Gasteiger partial charge in [-0.2, -0.15) is 13.1 Å². The van der Waals surface area contributed by atoms with Crippen molar-refractivity contribution in [2.24, 2.45) is 0 Å². The van der Waals surface area contributed by atoms with Crippen LogP contribution in [-0.2, 0) is 19.2 Å². The molecule has 0 bridgehead atoms. The lowest BCUT2D eigenvalue weighted by Gasteiger charge is -2.19. The normalized spacial score (nSPS) is 12.3. The Labute approximate surface area is 77.5 Å². The Hall–Kier alpha value is -0.820. The highest BCUT2D eigenvalue weighted by molar-refractivity contribution is 7.85. The average Bonchev–Trinajstić information content (AvgIpc) is 1.81. The van der Waals surface area contributed by atoms with Crippen LogP contribution in [0.2, 0.25) is 0 Å². The summed E-state index contributed by atoms with van der Waals surface area (Å²) in [5.74, 6) is 0. The molecule has 0 aromatic heterocycles. The Kier molecular flexibility index (Phi) is 3.68. The first-order chi connectivity index (χ1) is 5.66. The minimum Gasteiger partial charge on any atom is -0.443 e. The zero-order valence-electron chi connectivity index (χ0n) is 7.95. The Morgan fingerprint density at radius 1 is 1.31 bits per heavy atom. The molecule has 1 N–H and O–H groups in total. The van der Waals surface area contributed by atoms with Crippen LogP contribution < -0.4 is 4.72 Å².